The van der Waals surface area contributed by atoms with Crippen molar-refractivity contribution < 1.29 is 23.8 Å². The Labute approximate surface area is 185 Å². The number of nitrogens with one attached hydrogen (secondary N) is 2. The maximum absolute atomic E-state index is 14.8. The van der Waals surface area contributed by atoms with Crippen molar-refractivity contribution in [2.75, 3.05) is 25.5 Å². The van der Waals surface area contributed by atoms with Crippen LogP contribution in [0.15, 0.2) is 41.1 Å². The summed E-state index contributed by atoms with van der Waals surface area (Å²) in [6.07, 6.45) is 2.92. The molecule has 0 aromatic heterocycles. The van der Waals surface area contributed by atoms with Crippen LogP contribution in [0.3, 0.4) is 0 Å². The van der Waals surface area contributed by atoms with Gasteiger partial charge in [0.1, 0.15) is 11.5 Å². The highest BCUT2D eigenvalue weighted by Crippen LogP contribution is 2.51. The number of anilines is 1. The lowest BCUT2D eigenvalue weighted by molar-refractivity contribution is -0.106. The number of hydrogen-bond acceptors (Lipinski definition) is 7. The third kappa shape index (κ3) is 5.78. The van der Waals surface area contributed by atoms with Gasteiger partial charge in [0, 0.05) is 24.0 Å². The van der Waals surface area contributed by atoms with E-state index in [-0.39, 0.29) is 29.0 Å². The Morgan fingerprint density at radius 3 is 2.71 bits per heavy atom. The van der Waals surface area contributed by atoms with Crippen LogP contribution in [0.2, 0.25) is 0 Å². The van der Waals surface area contributed by atoms with Gasteiger partial charge in [-0.15, -0.1) is 0 Å². The van der Waals surface area contributed by atoms with Gasteiger partial charge in [-0.2, -0.15) is 0 Å². The van der Waals surface area contributed by atoms with Crippen molar-refractivity contribution >= 4 is 23.9 Å². The minimum absolute atomic E-state index is 0.0694. The summed E-state index contributed by atoms with van der Waals surface area (Å²) >= 11 is 1.35. The number of aryl methyl sites for hydroxylation is 1. The molecule has 170 valence electrons. The first-order valence-electron chi connectivity index (χ1n) is 10.3. The molecule has 1 aliphatic heterocycles. The summed E-state index contributed by atoms with van der Waals surface area (Å²) in [5, 5.41) is 21.8. The normalized spacial score (nSPS) is 20.8. The summed E-state index contributed by atoms with van der Waals surface area (Å²) in [4.78, 5) is 13.4. The van der Waals surface area contributed by atoms with Crippen LogP contribution >= 0.6 is 11.9 Å². The van der Waals surface area contributed by atoms with E-state index in [4.69, 9.17) is 0 Å². The van der Waals surface area contributed by atoms with Gasteiger partial charge < -0.3 is 25.2 Å². The third-order valence-electron chi connectivity index (χ3n) is 5.63. The van der Waals surface area contributed by atoms with Crippen LogP contribution in [-0.4, -0.2) is 52.4 Å². The van der Waals surface area contributed by atoms with Crippen molar-refractivity contribution in [2.45, 2.75) is 49.9 Å². The highest BCUT2D eigenvalue weighted by Gasteiger charge is 2.45. The Bertz CT molecular complexity index is 887. The van der Waals surface area contributed by atoms with E-state index in [1.165, 1.54) is 24.1 Å². The molecule has 9 heteroatoms. The van der Waals surface area contributed by atoms with E-state index in [0.717, 1.165) is 37.1 Å². The van der Waals surface area contributed by atoms with E-state index in [1.54, 1.807) is 13.0 Å². The van der Waals surface area contributed by atoms with Crippen LogP contribution in [0.5, 0.6) is 0 Å². The number of carbonyl (C=O) groups excluding carboxylic acids is 1. The fourth-order valence-electron chi connectivity index (χ4n) is 3.68. The zero-order chi connectivity index (χ0) is 22.6. The van der Waals surface area contributed by atoms with Crippen molar-refractivity contribution in [1.82, 2.24) is 9.62 Å². The molecule has 2 aliphatic rings. The van der Waals surface area contributed by atoms with Crippen LogP contribution in [0, 0.1) is 12.7 Å². The topological polar surface area (TPSA) is 84.8 Å². The number of benzene rings is 1. The molecule has 2 fully saturated rings. The number of aliphatic hydroxyl groups excluding tert-OH is 2. The molecule has 0 radical (unpaired) electrons. The SMILES string of the molecule is Cc1ccc(NC(=C(\F)C=O)/C(NSC2(CC(O)CO)CC2)=C2/CCCN2C)c(F)c1. The number of likely N-dealkylation sites (tertiary alicyclic amines) is 1. The van der Waals surface area contributed by atoms with E-state index >= 15 is 0 Å². The number of aldehydes is 1. The minimum Gasteiger partial charge on any atom is -0.394 e. The lowest BCUT2D eigenvalue weighted by atomic mass is 10.1. The summed E-state index contributed by atoms with van der Waals surface area (Å²) in [7, 11) is 1.89. The molecular formula is C22H29F2N3O3S. The Balaban J connectivity index is 1.93. The molecule has 0 spiro atoms. The minimum atomic E-state index is -1.03. The van der Waals surface area contributed by atoms with E-state index in [1.807, 2.05) is 11.9 Å². The van der Waals surface area contributed by atoms with Gasteiger partial charge in [-0.25, -0.2) is 8.78 Å². The predicted molar refractivity (Wildman–Crippen MR) is 118 cm³/mol. The van der Waals surface area contributed by atoms with Crippen LogP contribution < -0.4 is 10.0 Å². The maximum atomic E-state index is 14.8. The van der Waals surface area contributed by atoms with Crippen molar-refractivity contribution in [3.05, 3.63) is 52.5 Å². The number of halogens is 2. The molecular weight excluding hydrogens is 424 g/mol. The lowest BCUT2D eigenvalue weighted by Gasteiger charge is -2.25. The van der Waals surface area contributed by atoms with E-state index in [2.05, 4.69) is 10.0 Å². The van der Waals surface area contributed by atoms with E-state index < -0.39 is 17.7 Å². The van der Waals surface area contributed by atoms with Crippen molar-refractivity contribution in [3.63, 3.8) is 0 Å². The molecule has 31 heavy (non-hydrogen) atoms. The zero-order valence-electron chi connectivity index (χ0n) is 17.8. The number of carbonyl (C=O) groups is 1. The molecule has 1 saturated carbocycles. The summed E-state index contributed by atoms with van der Waals surface area (Å²) in [5.41, 5.74) is 1.88. The lowest BCUT2D eigenvalue weighted by Crippen LogP contribution is -2.26. The van der Waals surface area contributed by atoms with Gasteiger partial charge in [0.25, 0.3) is 0 Å². The maximum Gasteiger partial charge on any atom is 0.188 e. The monoisotopic (exact) mass is 453 g/mol. The van der Waals surface area contributed by atoms with Crippen molar-refractivity contribution in [3.8, 4) is 0 Å². The molecule has 0 bridgehead atoms. The van der Waals surface area contributed by atoms with Crippen LogP contribution in [0.1, 0.15) is 37.7 Å². The molecule has 1 saturated heterocycles. The second-order valence-electron chi connectivity index (χ2n) is 8.22. The molecule has 1 aliphatic carbocycles. The first kappa shape index (κ1) is 23.6. The number of rotatable bonds is 10. The quantitative estimate of drug-likeness (QED) is 0.246. The van der Waals surface area contributed by atoms with Gasteiger partial charge in [-0.1, -0.05) is 6.07 Å². The average Bonchev–Trinajstić information content (AvgIpc) is 3.38. The summed E-state index contributed by atoms with van der Waals surface area (Å²) in [5.74, 6) is -1.58. The number of hydrogen-bond donors (Lipinski definition) is 4. The van der Waals surface area contributed by atoms with E-state index in [0.29, 0.717) is 18.5 Å². The largest absolute Gasteiger partial charge is 0.394 e. The summed E-state index contributed by atoms with van der Waals surface area (Å²) in [6, 6.07) is 4.55. The highest BCUT2D eigenvalue weighted by molar-refractivity contribution is 7.99. The molecule has 1 unspecified atom stereocenters. The molecule has 0 amide bonds. The molecule has 1 aromatic rings. The Kier molecular flexibility index (Phi) is 7.61. The first-order chi connectivity index (χ1) is 14.8. The van der Waals surface area contributed by atoms with Gasteiger partial charge in [0.05, 0.1) is 24.1 Å². The molecule has 6 nitrogen and oxygen atoms in total. The predicted octanol–water partition coefficient (Wildman–Crippen LogP) is 3.38. The number of aliphatic hydroxyl groups is 2. The molecule has 1 heterocycles. The van der Waals surface area contributed by atoms with Gasteiger partial charge in [0.2, 0.25) is 0 Å². The number of allylic oxidation sites excluding steroid dienone is 2. The van der Waals surface area contributed by atoms with Gasteiger partial charge in [0.15, 0.2) is 12.1 Å². The molecule has 1 atom stereocenters. The van der Waals surface area contributed by atoms with Gasteiger partial charge in [-0.05, 0) is 68.7 Å². The fourth-order valence-corrected chi connectivity index (χ4v) is 4.80. The van der Waals surface area contributed by atoms with Gasteiger partial charge >= 0.3 is 0 Å². The smallest absolute Gasteiger partial charge is 0.188 e. The van der Waals surface area contributed by atoms with Crippen LogP contribution in [-0.2, 0) is 4.79 Å². The summed E-state index contributed by atoms with van der Waals surface area (Å²) < 4.78 is 32.2. The van der Waals surface area contributed by atoms with Crippen molar-refractivity contribution in [2.24, 2.45) is 0 Å². The van der Waals surface area contributed by atoms with Crippen LogP contribution in [0.4, 0.5) is 14.5 Å². The van der Waals surface area contributed by atoms with E-state index in [9.17, 15) is 23.8 Å². The first-order valence-corrected chi connectivity index (χ1v) is 11.2. The van der Waals surface area contributed by atoms with Gasteiger partial charge in [-0.3, -0.25) is 4.79 Å². The van der Waals surface area contributed by atoms with Crippen LogP contribution in [0.25, 0.3) is 0 Å². The molecule has 1 aromatic carbocycles. The average molecular weight is 454 g/mol. The standard InChI is InChI=1S/C22H29F2N3O3S/c1-14-5-6-18(16(23)10-14)25-20(17(24)13-29)21(19-4-3-9-27(19)2)26-31-22(7-8-22)11-15(30)12-28/h5-6,10,13,15,25-26,28,30H,3-4,7-9,11-12H2,1-2H3/b20-17-,21-19+. The molecule has 4 N–H and O–H groups in total. The summed E-state index contributed by atoms with van der Waals surface area (Å²) in [6.45, 7) is 2.22. The highest BCUT2D eigenvalue weighted by atomic mass is 32.2. The zero-order valence-corrected chi connectivity index (χ0v) is 18.6. The Morgan fingerprint density at radius 2 is 2.16 bits per heavy atom. The Morgan fingerprint density at radius 1 is 1.42 bits per heavy atom. The number of nitrogens with zero attached hydrogens (tertiary/aromatic N) is 1. The molecule has 3 rings (SSSR count). The Hall–Kier alpha value is -2.10. The second-order valence-corrected chi connectivity index (χ2v) is 9.50. The second kappa shape index (κ2) is 10.0. The third-order valence-corrected chi connectivity index (χ3v) is 6.94. The van der Waals surface area contributed by atoms with Crippen molar-refractivity contribution in [1.29, 1.82) is 0 Å². The fraction of sp³-hybridized carbons (Fsp3) is 0.500.